The molecule has 0 spiro atoms. The summed E-state index contributed by atoms with van der Waals surface area (Å²) in [4.78, 5) is 0.00898. The van der Waals surface area contributed by atoms with Crippen LogP contribution in [0.5, 0.6) is 0 Å². The molecule has 0 bridgehead atoms. The van der Waals surface area contributed by atoms with Crippen LogP contribution in [0.2, 0.25) is 0 Å². The first-order valence-corrected chi connectivity index (χ1v) is 8.47. The van der Waals surface area contributed by atoms with Crippen LogP contribution in [0.1, 0.15) is 5.56 Å². The zero-order chi connectivity index (χ0) is 17.0. The molecule has 3 aromatic carbocycles. The fraction of sp³-hybridized carbons (Fsp3) is 0. The highest BCUT2D eigenvalue weighted by Crippen LogP contribution is 2.24. The highest BCUT2D eigenvalue weighted by molar-refractivity contribution is 7.87. The van der Waals surface area contributed by atoms with Crippen molar-refractivity contribution >= 4 is 26.6 Å². The van der Waals surface area contributed by atoms with Gasteiger partial charge in [-0.3, -0.25) is 4.28 Å². The normalized spacial score (nSPS) is 11.9. The van der Waals surface area contributed by atoms with Crippen molar-refractivity contribution < 1.29 is 12.7 Å². The molecule has 0 fully saturated rings. The molecule has 0 radical (unpaired) electrons. The molecule has 6 heteroatoms. The van der Waals surface area contributed by atoms with E-state index in [1.54, 1.807) is 48.5 Å². The van der Waals surface area contributed by atoms with Gasteiger partial charge in [0.1, 0.15) is 11.0 Å². The number of nitrogens with zero attached hydrogens (tertiary/aromatic N) is 2. The number of nitriles is 1. The second kappa shape index (κ2) is 6.52. The van der Waals surface area contributed by atoms with Gasteiger partial charge in [0, 0.05) is 10.9 Å². The summed E-state index contributed by atoms with van der Waals surface area (Å²) in [6, 6.07) is 22.3. The SMILES string of the molecule is N#CC(=NOS(=O)(=O)c1cccc2ccccc12)c1ccccc1. The number of rotatable bonds is 4. The van der Waals surface area contributed by atoms with Crippen LogP contribution in [0.4, 0.5) is 0 Å². The first-order valence-electron chi connectivity index (χ1n) is 7.07. The number of benzene rings is 3. The maximum atomic E-state index is 12.5. The predicted octanol–water partition coefficient (Wildman–Crippen LogP) is 3.47. The Labute approximate surface area is 139 Å². The Morgan fingerprint density at radius 2 is 1.58 bits per heavy atom. The molecule has 0 aliphatic carbocycles. The minimum absolute atomic E-state index is 0.00898. The molecule has 0 heterocycles. The van der Waals surface area contributed by atoms with Crippen LogP contribution < -0.4 is 0 Å². The summed E-state index contributed by atoms with van der Waals surface area (Å²) in [5, 5.41) is 14.0. The van der Waals surface area contributed by atoms with Gasteiger partial charge in [-0.25, -0.2) is 0 Å². The summed E-state index contributed by atoms with van der Waals surface area (Å²) in [7, 11) is -4.14. The second-order valence-corrected chi connectivity index (χ2v) is 6.42. The van der Waals surface area contributed by atoms with Crippen LogP contribution in [0.25, 0.3) is 10.8 Å². The summed E-state index contributed by atoms with van der Waals surface area (Å²) in [6.07, 6.45) is 0. The maximum Gasteiger partial charge on any atom is 0.359 e. The average molecular weight is 336 g/mol. The van der Waals surface area contributed by atoms with E-state index in [9.17, 15) is 8.42 Å². The Kier molecular flexibility index (Phi) is 4.27. The molecular formula is C18H12N2O3S. The fourth-order valence-electron chi connectivity index (χ4n) is 2.27. The van der Waals surface area contributed by atoms with E-state index in [1.165, 1.54) is 6.07 Å². The third-order valence-electron chi connectivity index (χ3n) is 3.40. The van der Waals surface area contributed by atoms with E-state index in [2.05, 4.69) is 5.16 Å². The second-order valence-electron chi connectivity index (χ2n) is 4.92. The molecule has 118 valence electrons. The van der Waals surface area contributed by atoms with Gasteiger partial charge < -0.3 is 0 Å². The summed E-state index contributed by atoms with van der Waals surface area (Å²) >= 11 is 0. The van der Waals surface area contributed by atoms with E-state index in [0.717, 1.165) is 5.39 Å². The lowest BCUT2D eigenvalue weighted by Crippen LogP contribution is -2.06. The highest BCUT2D eigenvalue weighted by atomic mass is 32.2. The molecule has 3 aromatic rings. The summed E-state index contributed by atoms with van der Waals surface area (Å²) in [5.41, 5.74) is 0.368. The van der Waals surface area contributed by atoms with Crippen molar-refractivity contribution in [2.45, 2.75) is 4.90 Å². The zero-order valence-electron chi connectivity index (χ0n) is 12.5. The van der Waals surface area contributed by atoms with E-state index >= 15 is 0 Å². The lowest BCUT2D eigenvalue weighted by molar-refractivity contribution is 0.340. The molecule has 0 saturated carbocycles. The van der Waals surface area contributed by atoms with E-state index < -0.39 is 10.1 Å². The van der Waals surface area contributed by atoms with Crippen molar-refractivity contribution in [3.63, 3.8) is 0 Å². The van der Waals surface area contributed by atoms with Gasteiger partial charge in [0.25, 0.3) is 0 Å². The number of fused-ring (bicyclic) bond motifs is 1. The van der Waals surface area contributed by atoms with Crippen LogP contribution in [0.15, 0.2) is 82.8 Å². The summed E-state index contributed by atoms with van der Waals surface area (Å²) in [5.74, 6) is 0. The van der Waals surface area contributed by atoms with Crippen LogP contribution >= 0.6 is 0 Å². The van der Waals surface area contributed by atoms with Crippen molar-refractivity contribution in [2.24, 2.45) is 5.16 Å². The molecule has 5 nitrogen and oxygen atoms in total. The quantitative estimate of drug-likeness (QED) is 0.540. The predicted molar refractivity (Wildman–Crippen MR) is 90.8 cm³/mol. The smallest absolute Gasteiger partial charge is 0.263 e. The van der Waals surface area contributed by atoms with E-state index in [1.807, 2.05) is 24.3 Å². The van der Waals surface area contributed by atoms with Crippen molar-refractivity contribution in [3.8, 4) is 6.07 Å². The first-order chi connectivity index (χ1) is 11.6. The topological polar surface area (TPSA) is 79.5 Å². The molecule has 24 heavy (non-hydrogen) atoms. The van der Waals surface area contributed by atoms with Gasteiger partial charge in [0.05, 0.1) is 0 Å². The number of oxime groups is 1. The molecule has 3 rings (SSSR count). The minimum Gasteiger partial charge on any atom is -0.263 e. The van der Waals surface area contributed by atoms with Crippen molar-refractivity contribution in [1.82, 2.24) is 0 Å². The lowest BCUT2D eigenvalue weighted by atomic mass is 10.1. The van der Waals surface area contributed by atoms with Crippen molar-refractivity contribution in [2.75, 3.05) is 0 Å². The molecule has 0 unspecified atom stereocenters. The Morgan fingerprint density at radius 1 is 0.917 bits per heavy atom. The number of hydrogen-bond acceptors (Lipinski definition) is 5. The Bertz CT molecular complexity index is 1050. The van der Waals surface area contributed by atoms with Crippen molar-refractivity contribution in [1.29, 1.82) is 5.26 Å². The zero-order valence-corrected chi connectivity index (χ0v) is 13.3. The van der Waals surface area contributed by atoms with E-state index in [0.29, 0.717) is 10.9 Å². The molecule has 0 saturated heterocycles. The molecular weight excluding hydrogens is 324 g/mol. The largest absolute Gasteiger partial charge is 0.359 e. The fourth-order valence-corrected chi connectivity index (χ4v) is 3.23. The van der Waals surface area contributed by atoms with Gasteiger partial charge >= 0.3 is 10.1 Å². The van der Waals surface area contributed by atoms with E-state index in [-0.39, 0.29) is 10.6 Å². The Balaban J connectivity index is 1.99. The molecule has 0 aliphatic rings. The summed E-state index contributed by atoms with van der Waals surface area (Å²) in [6.45, 7) is 0. The standard InChI is InChI=1S/C18H12N2O3S/c19-13-17(15-8-2-1-3-9-15)20-23-24(21,22)18-12-6-10-14-7-4-5-11-16(14)18/h1-12H. The monoisotopic (exact) mass is 336 g/mol. The lowest BCUT2D eigenvalue weighted by Gasteiger charge is -2.06. The molecule has 0 aliphatic heterocycles. The average Bonchev–Trinajstić information content (AvgIpc) is 2.62. The van der Waals surface area contributed by atoms with Gasteiger partial charge in [-0.1, -0.05) is 71.9 Å². The molecule has 0 N–H and O–H groups in total. The molecule has 0 aromatic heterocycles. The van der Waals surface area contributed by atoms with Crippen LogP contribution in [-0.4, -0.2) is 14.1 Å². The van der Waals surface area contributed by atoms with Gasteiger partial charge in [-0.15, -0.1) is 0 Å². The Morgan fingerprint density at radius 3 is 2.33 bits per heavy atom. The summed E-state index contributed by atoms with van der Waals surface area (Å²) < 4.78 is 29.7. The minimum atomic E-state index is -4.14. The third kappa shape index (κ3) is 3.12. The first kappa shape index (κ1) is 15.7. The number of hydrogen-bond donors (Lipinski definition) is 0. The van der Waals surface area contributed by atoms with Crippen LogP contribution in [0.3, 0.4) is 0 Å². The van der Waals surface area contributed by atoms with Gasteiger partial charge in [0.15, 0.2) is 5.71 Å². The third-order valence-corrected chi connectivity index (χ3v) is 4.56. The Hall–Kier alpha value is -3.17. The van der Waals surface area contributed by atoms with E-state index in [4.69, 9.17) is 9.55 Å². The van der Waals surface area contributed by atoms with Crippen molar-refractivity contribution in [3.05, 3.63) is 78.4 Å². The molecule has 0 atom stereocenters. The van der Waals surface area contributed by atoms with Crippen LogP contribution in [-0.2, 0) is 14.4 Å². The highest BCUT2D eigenvalue weighted by Gasteiger charge is 2.19. The maximum absolute atomic E-state index is 12.5. The molecule has 0 amide bonds. The van der Waals surface area contributed by atoms with Crippen LogP contribution in [0, 0.1) is 11.3 Å². The van der Waals surface area contributed by atoms with Gasteiger partial charge in [-0.05, 0) is 11.5 Å². The van der Waals surface area contributed by atoms with Gasteiger partial charge in [0.2, 0.25) is 0 Å². The van der Waals surface area contributed by atoms with Gasteiger partial charge in [-0.2, -0.15) is 13.7 Å².